The number of aliphatic hydroxyl groups excluding tert-OH is 1. The monoisotopic (exact) mass is 241 g/mol. The van der Waals surface area contributed by atoms with Gasteiger partial charge in [0, 0.05) is 13.7 Å². The summed E-state index contributed by atoms with van der Waals surface area (Å²) in [6.07, 6.45) is 1.04. The van der Waals surface area contributed by atoms with Crippen LogP contribution in [-0.2, 0) is 10.3 Å². The van der Waals surface area contributed by atoms with Gasteiger partial charge >= 0.3 is 0 Å². The van der Waals surface area contributed by atoms with E-state index in [9.17, 15) is 5.11 Å². The number of β-amino-alcohol motifs (C(OH)–C–C–N with tert-alkyl or cyclic N) is 1. The second kappa shape index (κ2) is 4.72. The van der Waals surface area contributed by atoms with Crippen molar-refractivity contribution in [3.63, 3.8) is 0 Å². The second-order valence-electron chi connectivity index (χ2n) is 4.60. The molecule has 3 atom stereocenters. The van der Waals surface area contributed by atoms with E-state index < -0.39 is 5.60 Å². The number of aliphatic hydroxyl groups is 1. The molecule has 2 heterocycles. The summed E-state index contributed by atoms with van der Waals surface area (Å²) >= 11 is 0. The molecule has 0 aliphatic carbocycles. The van der Waals surface area contributed by atoms with Gasteiger partial charge < -0.3 is 19.7 Å². The Morgan fingerprint density at radius 2 is 2.41 bits per heavy atom. The minimum Gasteiger partial charge on any atom is -0.392 e. The Bertz CT molecular complexity index is 376. The maximum Gasteiger partial charge on any atom is 0.243 e. The van der Waals surface area contributed by atoms with Gasteiger partial charge in [0.25, 0.3) is 0 Å². The van der Waals surface area contributed by atoms with E-state index in [4.69, 9.17) is 9.26 Å². The number of hydrogen-bond donors (Lipinski definition) is 2. The highest BCUT2D eigenvalue weighted by atomic mass is 16.5. The highest BCUT2D eigenvalue weighted by Gasteiger charge is 2.33. The van der Waals surface area contributed by atoms with Gasteiger partial charge in [0.2, 0.25) is 11.7 Å². The molecule has 6 nitrogen and oxygen atoms in total. The van der Waals surface area contributed by atoms with Crippen LogP contribution in [0.25, 0.3) is 0 Å². The quantitative estimate of drug-likeness (QED) is 0.809. The first-order chi connectivity index (χ1) is 8.09. The molecule has 0 radical (unpaired) electrons. The summed E-state index contributed by atoms with van der Waals surface area (Å²) in [6.45, 7) is 4.51. The lowest BCUT2D eigenvalue weighted by Crippen LogP contribution is -2.25. The lowest BCUT2D eigenvalue weighted by Gasteiger charge is -2.21. The smallest absolute Gasteiger partial charge is 0.243 e. The van der Waals surface area contributed by atoms with Crippen LogP contribution in [0.3, 0.4) is 0 Å². The first kappa shape index (κ1) is 12.5. The van der Waals surface area contributed by atoms with E-state index in [-0.39, 0.29) is 12.1 Å². The third kappa shape index (κ3) is 2.34. The molecule has 2 rings (SSSR count). The Kier molecular flexibility index (Phi) is 3.46. The van der Waals surface area contributed by atoms with Crippen LogP contribution in [0, 0.1) is 0 Å². The molecule has 0 aromatic carbocycles. The zero-order valence-corrected chi connectivity index (χ0v) is 10.4. The van der Waals surface area contributed by atoms with Gasteiger partial charge in [-0.2, -0.15) is 4.98 Å². The molecule has 1 aliphatic heterocycles. The van der Waals surface area contributed by atoms with Crippen molar-refractivity contribution in [2.45, 2.75) is 44.4 Å². The average Bonchev–Trinajstić information content (AvgIpc) is 2.96. The molecule has 6 heteroatoms. The van der Waals surface area contributed by atoms with E-state index in [1.54, 1.807) is 7.11 Å². The Morgan fingerprint density at radius 3 is 2.94 bits per heavy atom. The zero-order valence-electron chi connectivity index (χ0n) is 10.4. The molecule has 0 spiro atoms. The highest BCUT2D eigenvalue weighted by Crippen LogP contribution is 2.28. The first-order valence-electron chi connectivity index (χ1n) is 5.89. The first-order valence-corrected chi connectivity index (χ1v) is 5.89. The lowest BCUT2D eigenvalue weighted by atomic mass is 10.0. The van der Waals surface area contributed by atoms with Gasteiger partial charge in [-0.25, -0.2) is 0 Å². The van der Waals surface area contributed by atoms with E-state index >= 15 is 0 Å². The summed E-state index contributed by atoms with van der Waals surface area (Å²) in [4.78, 5) is 4.36. The Morgan fingerprint density at radius 1 is 1.65 bits per heavy atom. The van der Waals surface area contributed by atoms with Crippen LogP contribution in [0.2, 0.25) is 0 Å². The number of rotatable bonds is 4. The van der Waals surface area contributed by atoms with Gasteiger partial charge in [-0.3, -0.25) is 0 Å². The van der Waals surface area contributed by atoms with Crippen molar-refractivity contribution in [1.82, 2.24) is 15.5 Å². The molecule has 96 valence electrons. The molecular weight excluding hydrogens is 222 g/mol. The van der Waals surface area contributed by atoms with Crippen molar-refractivity contribution in [3.8, 4) is 0 Å². The number of nitrogens with zero attached hydrogens (tertiary/aromatic N) is 2. The van der Waals surface area contributed by atoms with Gasteiger partial charge in [0.05, 0.1) is 12.1 Å². The average molecular weight is 241 g/mol. The van der Waals surface area contributed by atoms with E-state index in [0.717, 1.165) is 6.42 Å². The molecule has 2 N–H and O–H groups in total. The van der Waals surface area contributed by atoms with Crippen LogP contribution in [-0.4, -0.2) is 35.0 Å². The normalized spacial score (nSPS) is 28.2. The SMILES string of the molecule is CCC(C)(OC)c1noc([C@@H]2C[C@@H](O)CN2)n1. The topological polar surface area (TPSA) is 80.4 Å². The van der Waals surface area contributed by atoms with Crippen molar-refractivity contribution in [3.05, 3.63) is 11.7 Å². The van der Waals surface area contributed by atoms with E-state index in [1.807, 2.05) is 13.8 Å². The van der Waals surface area contributed by atoms with Crippen LogP contribution >= 0.6 is 0 Å². The molecule has 1 unspecified atom stereocenters. The van der Waals surface area contributed by atoms with E-state index in [0.29, 0.717) is 24.7 Å². The standard InChI is InChI=1S/C11H19N3O3/c1-4-11(2,16-3)10-13-9(17-14-10)8-5-7(15)6-12-8/h7-8,12,15H,4-6H2,1-3H3/t7-,8+,11?/m1/s1. The number of hydrogen-bond acceptors (Lipinski definition) is 6. The molecular formula is C11H19N3O3. The number of methoxy groups -OCH3 is 1. The molecule has 0 saturated carbocycles. The Labute approximate surface area is 100 Å². The van der Waals surface area contributed by atoms with E-state index in [1.165, 1.54) is 0 Å². The number of ether oxygens (including phenoxy) is 1. The molecule has 1 aliphatic rings. The summed E-state index contributed by atoms with van der Waals surface area (Å²) in [7, 11) is 1.64. The second-order valence-corrected chi connectivity index (χ2v) is 4.60. The maximum absolute atomic E-state index is 9.44. The fourth-order valence-corrected chi connectivity index (χ4v) is 1.89. The fraction of sp³-hybridized carbons (Fsp3) is 0.818. The third-order valence-electron chi connectivity index (χ3n) is 3.45. The number of aromatic nitrogens is 2. The molecule has 17 heavy (non-hydrogen) atoms. The summed E-state index contributed by atoms with van der Waals surface area (Å²) in [6, 6.07) is -0.0517. The van der Waals surface area contributed by atoms with Crippen molar-refractivity contribution in [2.75, 3.05) is 13.7 Å². The zero-order chi connectivity index (χ0) is 12.5. The molecule has 0 amide bonds. The molecule has 1 aromatic heterocycles. The van der Waals surface area contributed by atoms with Crippen LogP contribution < -0.4 is 5.32 Å². The summed E-state index contributed by atoms with van der Waals surface area (Å²) in [5.41, 5.74) is -0.515. The lowest BCUT2D eigenvalue weighted by molar-refractivity contribution is -0.0106. The summed E-state index contributed by atoms with van der Waals surface area (Å²) in [5.74, 6) is 1.08. The van der Waals surface area contributed by atoms with Crippen molar-refractivity contribution >= 4 is 0 Å². The summed E-state index contributed by atoms with van der Waals surface area (Å²) in [5, 5.41) is 16.5. The molecule has 0 bridgehead atoms. The predicted molar refractivity (Wildman–Crippen MR) is 60.3 cm³/mol. The van der Waals surface area contributed by atoms with Crippen molar-refractivity contribution < 1.29 is 14.4 Å². The van der Waals surface area contributed by atoms with Crippen LogP contribution in [0.1, 0.15) is 44.4 Å². The van der Waals surface area contributed by atoms with Crippen LogP contribution in [0.5, 0.6) is 0 Å². The van der Waals surface area contributed by atoms with Gasteiger partial charge in [0.15, 0.2) is 0 Å². The van der Waals surface area contributed by atoms with Crippen LogP contribution in [0.4, 0.5) is 0 Å². The highest BCUT2D eigenvalue weighted by molar-refractivity contribution is 5.03. The molecule has 1 saturated heterocycles. The minimum absolute atomic E-state index is 0.0517. The Hall–Kier alpha value is -0.980. The van der Waals surface area contributed by atoms with Crippen LogP contribution in [0.15, 0.2) is 4.52 Å². The molecule has 1 aromatic rings. The Balaban J connectivity index is 2.15. The van der Waals surface area contributed by atoms with Crippen molar-refractivity contribution in [1.29, 1.82) is 0 Å². The minimum atomic E-state index is -0.515. The van der Waals surface area contributed by atoms with Crippen molar-refractivity contribution in [2.24, 2.45) is 0 Å². The maximum atomic E-state index is 9.44. The van der Waals surface area contributed by atoms with Gasteiger partial charge in [-0.05, 0) is 19.8 Å². The third-order valence-corrected chi connectivity index (χ3v) is 3.45. The summed E-state index contributed by atoms with van der Waals surface area (Å²) < 4.78 is 10.6. The predicted octanol–water partition coefficient (Wildman–Crippen LogP) is 0.736. The molecule has 1 fully saturated rings. The largest absolute Gasteiger partial charge is 0.392 e. The number of nitrogens with one attached hydrogen (secondary N) is 1. The van der Waals surface area contributed by atoms with E-state index in [2.05, 4.69) is 15.5 Å². The van der Waals surface area contributed by atoms with Gasteiger partial charge in [0.1, 0.15) is 5.60 Å². The van der Waals surface area contributed by atoms with Gasteiger partial charge in [-0.15, -0.1) is 0 Å². The fourth-order valence-electron chi connectivity index (χ4n) is 1.89. The van der Waals surface area contributed by atoms with Gasteiger partial charge in [-0.1, -0.05) is 12.1 Å².